The summed E-state index contributed by atoms with van der Waals surface area (Å²) in [5, 5.41) is 8.06. The molecule has 0 aliphatic heterocycles. The summed E-state index contributed by atoms with van der Waals surface area (Å²) in [5.41, 5.74) is 0. The molecule has 0 amide bonds. The molecular weight excluding hydrogens is 483 g/mol. The van der Waals surface area contributed by atoms with Crippen LogP contribution in [-0.4, -0.2) is 66.9 Å². The Labute approximate surface area is 189 Å². The first-order valence-corrected chi connectivity index (χ1v) is 16.4. The van der Waals surface area contributed by atoms with E-state index in [-0.39, 0.29) is 36.8 Å². The lowest BCUT2D eigenvalue weighted by atomic mass is 10.5. The summed E-state index contributed by atoms with van der Waals surface area (Å²) in [6.07, 6.45) is 0.666. The smallest absolute Gasteiger partial charge is 0.466 e. The van der Waals surface area contributed by atoms with Crippen molar-refractivity contribution in [3.63, 3.8) is 0 Å². The zero-order chi connectivity index (χ0) is 23.7. The van der Waals surface area contributed by atoms with Crippen molar-refractivity contribution in [1.29, 1.82) is 0 Å². The minimum absolute atomic E-state index is 0.151. The normalized spacial score (nSPS) is 11.2. The first-order chi connectivity index (χ1) is 13.0. The van der Waals surface area contributed by atoms with Crippen LogP contribution in [0.2, 0.25) is 12.1 Å². The van der Waals surface area contributed by atoms with Crippen LogP contribution in [0.15, 0.2) is 0 Å². The lowest BCUT2D eigenvalue weighted by Crippen LogP contribution is -2.41. The molecular formula is C16H35Cl3O8Si2. The van der Waals surface area contributed by atoms with Crippen LogP contribution in [0.3, 0.4) is 0 Å². The highest BCUT2D eigenvalue weighted by atomic mass is 35.8. The molecule has 0 heterocycles. The molecule has 8 nitrogen and oxygen atoms in total. The quantitative estimate of drug-likeness (QED) is 0.175. The van der Waals surface area contributed by atoms with Crippen LogP contribution in [0.1, 0.15) is 54.4 Å². The molecule has 0 aliphatic carbocycles. The Hall–Kier alpha value is 0.0838. The van der Waals surface area contributed by atoms with E-state index >= 15 is 0 Å². The van der Waals surface area contributed by atoms with E-state index in [0.29, 0.717) is 25.5 Å². The van der Waals surface area contributed by atoms with E-state index in [1.165, 1.54) is 13.8 Å². The highest BCUT2D eigenvalue weighted by molar-refractivity contribution is 7.64. The Morgan fingerprint density at radius 3 is 1.48 bits per heavy atom. The monoisotopic (exact) mass is 516 g/mol. The van der Waals surface area contributed by atoms with Crippen LogP contribution in [0.5, 0.6) is 0 Å². The number of carbonyl (C=O) groups excluding carboxylic acids is 2. The van der Waals surface area contributed by atoms with Gasteiger partial charge in [0.1, 0.15) is 0 Å². The minimum Gasteiger partial charge on any atom is -0.466 e. The van der Waals surface area contributed by atoms with Crippen LogP contribution in [0.4, 0.5) is 0 Å². The predicted octanol–water partition coefficient (Wildman–Crippen LogP) is 3.27. The molecule has 0 rings (SSSR count). The molecule has 0 radical (unpaired) electrons. The number of hydrogen-bond donors (Lipinski definition) is 3. The Kier molecular flexibility index (Phi) is 21.9. The Morgan fingerprint density at radius 2 is 1.21 bits per heavy atom. The number of hydrogen-bond acceptors (Lipinski definition) is 8. The Balaban J connectivity index is -0.000000401. The lowest BCUT2D eigenvalue weighted by Gasteiger charge is -2.20. The van der Waals surface area contributed by atoms with Crippen molar-refractivity contribution >= 4 is 60.0 Å². The molecule has 0 saturated carbocycles. The van der Waals surface area contributed by atoms with Gasteiger partial charge in [0.05, 0.1) is 13.2 Å². The summed E-state index contributed by atoms with van der Waals surface area (Å²) < 4.78 is 14.2. The predicted molar refractivity (Wildman–Crippen MR) is 119 cm³/mol. The summed E-state index contributed by atoms with van der Waals surface area (Å²) in [6.45, 7) is 10.1. The standard InChI is InChI=1S/C8H18O5Si.C5H9Cl3O2Si.C3H8O/c1-7(2)13-14(10,11)6-4-5-12-8(3)9;1-5(9)10-3-2-4-11(6,7)8;1-3(2)4/h7,10-11H,4-6H2,1-3H3;2-4H2,1H3;3-4H,1-2H3. The molecule has 0 aromatic heterocycles. The van der Waals surface area contributed by atoms with Crippen molar-refractivity contribution in [1.82, 2.24) is 0 Å². The average molecular weight is 518 g/mol. The van der Waals surface area contributed by atoms with Crippen molar-refractivity contribution in [2.24, 2.45) is 0 Å². The number of aliphatic hydroxyl groups excluding tert-OH is 1. The summed E-state index contributed by atoms with van der Waals surface area (Å²) in [5.74, 6) is -0.658. The van der Waals surface area contributed by atoms with Crippen molar-refractivity contribution in [3.8, 4) is 0 Å². The SMILES string of the molecule is CC(=O)OCCC[Si](Cl)(Cl)Cl.CC(=O)OCCC[Si](O)(O)OC(C)C.CC(C)O. The van der Waals surface area contributed by atoms with Gasteiger partial charge in [-0.15, -0.1) is 33.2 Å². The van der Waals surface area contributed by atoms with Crippen LogP contribution in [0.25, 0.3) is 0 Å². The number of halogens is 3. The summed E-state index contributed by atoms with van der Waals surface area (Å²) in [4.78, 5) is 39.4. The highest BCUT2D eigenvalue weighted by Crippen LogP contribution is 2.26. The third-order valence-corrected chi connectivity index (χ3v) is 6.76. The van der Waals surface area contributed by atoms with Gasteiger partial charge >= 0.3 is 26.7 Å². The molecule has 0 spiro atoms. The van der Waals surface area contributed by atoms with Crippen LogP contribution in [-0.2, 0) is 23.5 Å². The molecule has 0 unspecified atom stereocenters. The van der Waals surface area contributed by atoms with Crippen molar-refractivity contribution in [2.75, 3.05) is 13.2 Å². The first-order valence-electron chi connectivity index (χ1n) is 9.12. The zero-order valence-electron chi connectivity index (χ0n) is 17.9. The molecule has 29 heavy (non-hydrogen) atoms. The molecule has 0 bridgehead atoms. The molecule has 0 saturated heterocycles. The molecule has 0 aromatic carbocycles. The molecule has 0 fully saturated rings. The largest absolute Gasteiger partial charge is 0.495 e. The second-order valence-corrected chi connectivity index (χ2v) is 18.0. The van der Waals surface area contributed by atoms with Gasteiger partial charge in [0.25, 0.3) is 0 Å². The second kappa shape index (κ2) is 18.8. The maximum absolute atomic E-state index is 10.4. The molecule has 0 aliphatic rings. The van der Waals surface area contributed by atoms with Gasteiger partial charge in [0.15, 0.2) is 0 Å². The van der Waals surface area contributed by atoms with Crippen molar-refractivity contribution in [3.05, 3.63) is 0 Å². The van der Waals surface area contributed by atoms with Gasteiger partial charge < -0.3 is 28.6 Å². The second-order valence-electron chi connectivity index (χ2n) is 6.51. The number of aliphatic hydroxyl groups is 1. The van der Waals surface area contributed by atoms with Crippen LogP contribution >= 0.6 is 33.2 Å². The maximum Gasteiger partial charge on any atom is 0.495 e. The van der Waals surface area contributed by atoms with Gasteiger partial charge in [0.2, 0.25) is 0 Å². The summed E-state index contributed by atoms with van der Waals surface area (Å²) in [6, 6.07) is -1.82. The van der Waals surface area contributed by atoms with Gasteiger partial charge in [-0.3, -0.25) is 9.59 Å². The third-order valence-electron chi connectivity index (χ3n) is 2.29. The van der Waals surface area contributed by atoms with Crippen molar-refractivity contribution < 1.29 is 38.2 Å². The van der Waals surface area contributed by atoms with Gasteiger partial charge in [-0.1, -0.05) is 0 Å². The van der Waals surface area contributed by atoms with Gasteiger partial charge in [-0.2, -0.15) is 0 Å². The van der Waals surface area contributed by atoms with E-state index in [0.717, 1.165) is 0 Å². The van der Waals surface area contributed by atoms with Gasteiger partial charge in [-0.25, -0.2) is 0 Å². The minimum atomic E-state index is -3.53. The summed E-state index contributed by atoms with van der Waals surface area (Å²) in [7, 11) is -3.53. The summed E-state index contributed by atoms with van der Waals surface area (Å²) >= 11 is 16.7. The Morgan fingerprint density at radius 1 is 0.862 bits per heavy atom. The maximum atomic E-state index is 10.4. The fraction of sp³-hybridized carbons (Fsp3) is 0.875. The van der Waals surface area contributed by atoms with Crippen LogP contribution in [0, 0.1) is 0 Å². The molecule has 0 aromatic rings. The average Bonchev–Trinajstić information content (AvgIpc) is 2.46. The molecule has 3 N–H and O–H groups in total. The van der Waals surface area contributed by atoms with Gasteiger partial charge in [-0.05, 0) is 46.6 Å². The van der Waals surface area contributed by atoms with Crippen LogP contribution < -0.4 is 0 Å². The number of esters is 2. The molecule has 0 atom stereocenters. The third kappa shape index (κ3) is 43.0. The Bertz CT molecular complexity index is 430. The number of ether oxygens (including phenoxy) is 2. The van der Waals surface area contributed by atoms with Crippen molar-refractivity contribution in [2.45, 2.75) is 78.7 Å². The van der Waals surface area contributed by atoms with E-state index in [9.17, 15) is 19.2 Å². The first kappa shape index (κ1) is 33.7. The van der Waals surface area contributed by atoms with E-state index in [2.05, 4.69) is 9.47 Å². The molecule has 176 valence electrons. The van der Waals surface area contributed by atoms with Gasteiger partial charge in [0, 0.05) is 32.1 Å². The topological polar surface area (TPSA) is 123 Å². The van der Waals surface area contributed by atoms with E-state index in [4.69, 9.17) is 42.8 Å². The zero-order valence-corrected chi connectivity index (χ0v) is 22.2. The van der Waals surface area contributed by atoms with E-state index in [1.54, 1.807) is 27.7 Å². The van der Waals surface area contributed by atoms with E-state index in [1.807, 2.05) is 0 Å². The lowest BCUT2D eigenvalue weighted by molar-refractivity contribution is -0.141. The van der Waals surface area contributed by atoms with E-state index < -0.39 is 14.8 Å². The number of carbonyl (C=O) groups is 2. The highest BCUT2D eigenvalue weighted by Gasteiger charge is 2.32. The fourth-order valence-corrected chi connectivity index (χ4v) is 4.67. The number of rotatable bonds is 10. The molecule has 13 heteroatoms. The fourth-order valence-electron chi connectivity index (χ4n) is 1.44.